The van der Waals surface area contributed by atoms with Crippen molar-refractivity contribution in [2.75, 3.05) is 7.11 Å². The van der Waals surface area contributed by atoms with Crippen LogP contribution >= 0.6 is 0 Å². The fraction of sp³-hybridized carbons (Fsp3) is 0.941. The largest absolute Gasteiger partial charge is 0.462 e. The molecule has 2 aliphatic rings. The summed E-state index contributed by atoms with van der Waals surface area (Å²) in [5.74, 6) is -0.449. The summed E-state index contributed by atoms with van der Waals surface area (Å²) in [6.45, 7) is 7.77. The monoisotopic (exact) mass is 298 g/mol. The van der Waals surface area contributed by atoms with Gasteiger partial charge in [0.2, 0.25) is 0 Å². The van der Waals surface area contributed by atoms with Crippen LogP contribution in [0.5, 0.6) is 0 Å². The maximum Gasteiger partial charge on any atom is 0.310 e. The molecule has 4 nitrogen and oxygen atoms in total. The van der Waals surface area contributed by atoms with Crippen molar-refractivity contribution in [3.05, 3.63) is 0 Å². The molecule has 4 heteroatoms. The Morgan fingerprint density at radius 3 is 2.33 bits per heavy atom. The van der Waals surface area contributed by atoms with Crippen molar-refractivity contribution in [2.45, 2.75) is 77.6 Å². The van der Waals surface area contributed by atoms with Crippen molar-refractivity contribution >= 4 is 5.97 Å². The molecule has 0 aromatic carbocycles. The molecule has 122 valence electrons. The van der Waals surface area contributed by atoms with E-state index in [9.17, 15) is 9.90 Å². The van der Waals surface area contributed by atoms with Gasteiger partial charge in [0.25, 0.3) is 0 Å². The van der Waals surface area contributed by atoms with Crippen molar-refractivity contribution in [1.82, 2.24) is 0 Å². The molecule has 0 saturated heterocycles. The van der Waals surface area contributed by atoms with Gasteiger partial charge in [-0.3, -0.25) is 4.79 Å². The predicted molar refractivity (Wildman–Crippen MR) is 80.8 cm³/mol. The Hall–Kier alpha value is -0.610. The zero-order valence-electron chi connectivity index (χ0n) is 14.0. The summed E-state index contributed by atoms with van der Waals surface area (Å²) in [4.78, 5) is 12.4. The van der Waals surface area contributed by atoms with Crippen LogP contribution in [0.2, 0.25) is 0 Å². The molecular formula is C17H30O4. The zero-order valence-corrected chi connectivity index (χ0v) is 14.0. The highest BCUT2D eigenvalue weighted by Gasteiger charge is 2.67. The number of carbonyl (C=O) groups excluding carboxylic acids is 1. The normalized spacial score (nSPS) is 30.8. The molecule has 2 aliphatic carbocycles. The fourth-order valence-electron chi connectivity index (χ4n) is 3.69. The third-order valence-electron chi connectivity index (χ3n) is 5.58. The van der Waals surface area contributed by atoms with Gasteiger partial charge in [0.05, 0.1) is 17.6 Å². The first-order chi connectivity index (χ1) is 9.71. The number of hydrogen-bond donors (Lipinski definition) is 1. The Labute approximate surface area is 128 Å². The number of rotatable bonds is 5. The molecule has 3 atom stereocenters. The van der Waals surface area contributed by atoms with Crippen LogP contribution < -0.4 is 0 Å². The van der Waals surface area contributed by atoms with E-state index in [1.807, 2.05) is 27.7 Å². The lowest BCUT2D eigenvalue weighted by molar-refractivity contribution is -0.154. The van der Waals surface area contributed by atoms with Gasteiger partial charge in [0.15, 0.2) is 0 Å². The number of aliphatic hydroxyl groups excluding tert-OH is 1. The fourth-order valence-corrected chi connectivity index (χ4v) is 3.69. The lowest BCUT2D eigenvalue weighted by atomic mass is 9.93. The van der Waals surface area contributed by atoms with Gasteiger partial charge < -0.3 is 14.6 Å². The Balaban J connectivity index is 1.98. The standard InChI is InChI=1S/C17H30O4/c1-16(2)12(14(18)17(3,4)20-5)13(16)15(19)21-11-9-7-6-8-10-11/h11-14,18H,6-10H2,1-5H3. The van der Waals surface area contributed by atoms with Gasteiger partial charge in [-0.1, -0.05) is 20.3 Å². The highest BCUT2D eigenvalue weighted by Crippen LogP contribution is 2.62. The van der Waals surface area contributed by atoms with Gasteiger partial charge in [-0.2, -0.15) is 0 Å². The number of methoxy groups -OCH3 is 1. The Kier molecular flexibility index (Phi) is 4.69. The second kappa shape index (κ2) is 5.88. The third-order valence-corrected chi connectivity index (χ3v) is 5.58. The van der Waals surface area contributed by atoms with Crippen LogP contribution in [-0.2, 0) is 14.3 Å². The van der Waals surface area contributed by atoms with Crippen LogP contribution in [0, 0.1) is 17.3 Å². The maximum atomic E-state index is 12.4. The van der Waals surface area contributed by atoms with Crippen LogP contribution in [0.4, 0.5) is 0 Å². The second-order valence-electron chi connectivity index (χ2n) is 7.77. The molecule has 1 N–H and O–H groups in total. The molecule has 0 spiro atoms. The van der Waals surface area contributed by atoms with Crippen LogP contribution in [0.15, 0.2) is 0 Å². The van der Waals surface area contributed by atoms with Gasteiger partial charge >= 0.3 is 5.97 Å². The van der Waals surface area contributed by atoms with Crippen LogP contribution in [0.3, 0.4) is 0 Å². The zero-order chi connectivity index (χ0) is 15.8. The highest BCUT2D eigenvalue weighted by molar-refractivity contribution is 5.78. The molecular weight excluding hydrogens is 268 g/mol. The highest BCUT2D eigenvalue weighted by atomic mass is 16.5. The first kappa shape index (κ1) is 16.8. The first-order valence-electron chi connectivity index (χ1n) is 8.15. The van der Waals surface area contributed by atoms with E-state index in [1.165, 1.54) is 6.42 Å². The summed E-state index contributed by atoms with van der Waals surface area (Å²) in [6, 6.07) is 0. The molecule has 0 aromatic heterocycles. The van der Waals surface area contributed by atoms with E-state index in [0.717, 1.165) is 25.7 Å². The summed E-state index contributed by atoms with van der Waals surface area (Å²) in [7, 11) is 1.59. The molecule has 0 aromatic rings. The molecule has 3 unspecified atom stereocenters. The van der Waals surface area contributed by atoms with Crippen molar-refractivity contribution < 1.29 is 19.4 Å². The van der Waals surface area contributed by atoms with Gasteiger partial charge in [-0.25, -0.2) is 0 Å². The topological polar surface area (TPSA) is 55.8 Å². The van der Waals surface area contributed by atoms with Crippen LogP contribution in [0.1, 0.15) is 59.8 Å². The minimum Gasteiger partial charge on any atom is -0.462 e. The molecule has 2 rings (SSSR count). The number of aliphatic hydroxyl groups is 1. The number of hydrogen-bond acceptors (Lipinski definition) is 4. The van der Waals surface area contributed by atoms with E-state index >= 15 is 0 Å². The summed E-state index contributed by atoms with van der Waals surface area (Å²) < 4.78 is 11.1. The summed E-state index contributed by atoms with van der Waals surface area (Å²) in [5.41, 5.74) is -0.872. The molecule has 0 amide bonds. The van der Waals surface area contributed by atoms with E-state index < -0.39 is 11.7 Å². The van der Waals surface area contributed by atoms with Crippen molar-refractivity contribution in [1.29, 1.82) is 0 Å². The van der Waals surface area contributed by atoms with Crippen molar-refractivity contribution in [3.8, 4) is 0 Å². The van der Waals surface area contributed by atoms with E-state index in [4.69, 9.17) is 9.47 Å². The maximum absolute atomic E-state index is 12.4. The summed E-state index contributed by atoms with van der Waals surface area (Å²) in [6.07, 6.45) is 4.92. The number of esters is 1. The minimum atomic E-state index is -0.665. The van der Waals surface area contributed by atoms with Gasteiger partial charge in [0, 0.05) is 13.0 Å². The molecule has 0 radical (unpaired) electrons. The van der Waals surface area contributed by atoms with Gasteiger partial charge in [0.1, 0.15) is 6.10 Å². The quantitative estimate of drug-likeness (QED) is 0.793. The van der Waals surface area contributed by atoms with Crippen LogP contribution in [0.25, 0.3) is 0 Å². The molecule has 21 heavy (non-hydrogen) atoms. The van der Waals surface area contributed by atoms with Crippen molar-refractivity contribution in [3.63, 3.8) is 0 Å². The van der Waals surface area contributed by atoms with E-state index in [0.29, 0.717) is 0 Å². The van der Waals surface area contributed by atoms with Crippen molar-refractivity contribution in [2.24, 2.45) is 17.3 Å². The molecule has 2 saturated carbocycles. The molecule has 2 fully saturated rings. The third kappa shape index (κ3) is 3.26. The summed E-state index contributed by atoms with van der Waals surface area (Å²) in [5, 5.41) is 10.5. The molecule has 0 heterocycles. The second-order valence-corrected chi connectivity index (χ2v) is 7.77. The average Bonchev–Trinajstić information content (AvgIpc) is 3.01. The SMILES string of the molecule is COC(C)(C)C(O)C1C(C(=O)OC2CCCCC2)C1(C)C. The Morgan fingerprint density at radius 1 is 1.24 bits per heavy atom. The minimum absolute atomic E-state index is 0.0795. The number of ether oxygens (including phenoxy) is 2. The average molecular weight is 298 g/mol. The first-order valence-corrected chi connectivity index (χ1v) is 8.15. The Morgan fingerprint density at radius 2 is 1.81 bits per heavy atom. The van der Waals surface area contributed by atoms with E-state index in [2.05, 4.69) is 0 Å². The van der Waals surface area contributed by atoms with Crippen LogP contribution in [-0.4, -0.2) is 36.0 Å². The lowest BCUT2D eigenvalue weighted by Crippen LogP contribution is -2.41. The number of carbonyl (C=O) groups is 1. The lowest BCUT2D eigenvalue weighted by Gasteiger charge is -2.30. The van der Waals surface area contributed by atoms with E-state index in [1.54, 1.807) is 7.11 Å². The molecule has 0 bridgehead atoms. The molecule has 0 aliphatic heterocycles. The Bertz CT molecular complexity index is 382. The smallest absolute Gasteiger partial charge is 0.310 e. The predicted octanol–water partition coefficient (Wildman–Crippen LogP) is 2.92. The van der Waals surface area contributed by atoms with Gasteiger partial charge in [-0.05, 0) is 44.9 Å². The van der Waals surface area contributed by atoms with E-state index in [-0.39, 0.29) is 29.3 Å². The van der Waals surface area contributed by atoms with Gasteiger partial charge in [-0.15, -0.1) is 0 Å². The summed E-state index contributed by atoms with van der Waals surface area (Å²) >= 11 is 0.